The Bertz CT molecular complexity index is 737. The van der Waals surface area contributed by atoms with Gasteiger partial charge in [-0.15, -0.1) is 0 Å². The van der Waals surface area contributed by atoms with E-state index in [-0.39, 0.29) is 0 Å². The first kappa shape index (κ1) is 14.1. The molecular weight excluding hydrogens is 286 g/mol. The third kappa shape index (κ3) is 3.02. The van der Waals surface area contributed by atoms with Crippen molar-refractivity contribution in [2.24, 2.45) is 4.99 Å². The fourth-order valence-corrected chi connectivity index (χ4v) is 3.03. The lowest BCUT2D eigenvalue weighted by Gasteiger charge is -2.10. The van der Waals surface area contributed by atoms with Crippen LogP contribution >= 0.6 is 0 Å². The lowest BCUT2D eigenvalue weighted by atomic mass is 10.0. The second-order valence-corrected chi connectivity index (χ2v) is 6.21. The zero-order valence-electron chi connectivity index (χ0n) is 13.3. The molecule has 2 aliphatic rings. The molecule has 4 heteroatoms. The number of nitrogens with zero attached hydrogens (tertiary/aromatic N) is 1. The summed E-state index contributed by atoms with van der Waals surface area (Å²) in [5.41, 5.74) is 5.06. The Kier molecular flexibility index (Phi) is 3.66. The van der Waals surface area contributed by atoms with Gasteiger partial charge < -0.3 is 15.4 Å². The van der Waals surface area contributed by atoms with E-state index in [1.54, 1.807) is 0 Å². The van der Waals surface area contributed by atoms with Gasteiger partial charge in [0.1, 0.15) is 5.75 Å². The molecule has 0 saturated carbocycles. The number of aliphatic imine (C=N–C) groups is 1. The van der Waals surface area contributed by atoms with Crippen LogP contribution in [0.5, 0.6) is 5.75 Å². The highest BCUT2D eigenvalue weighted by Crippen LogP contribution is 2.30. The molecule has 2 aliphatic heterocycles. The molecule has 0 amide bonds. The van der Waals surface area contributed by atoms with Crippen LogP contribution in [0.25, 0.3) is 11.1 Å². The standard InChI is InChI=1S/C19H21N3O/c1-13-11-20-19(22-13)21-12-14-2-4-15(5-3-14)16-6-7-18-17(10-16)8-9-23-18/h2-7,10,13H,8-9,11-12H2,1H3,(H2,20,21,22). The molecule has 0 spiro atoms. The highest BCUT2D eigenvalue weighted by molar-refractivity contribution is 5.81. The summed E-state index contributed by atoms with van der Waals surface area (Å²) in [7, 11) is 0. The zero-order chi connectivity index (χ0) is 15.6. The molecule has 4 nitrogen and oxygen atoms in total. The van der Waals surface area contributed by atoms with Gasteiger partial charge in [0.2, 0.25) is 0 Å². The monoisotopic (exact) mass is 307 g/mol. The molecule has 0 aliphatic carbocycles. The summed E-state index contributed by atoms with van der Waals surface area (Å²) < 4.78 is 5.57. The number of fused-ring (bicyclic) bond motifs is 1. The SMILES string of the molecule is CC1CN=C(NCc2ccc(-c3ccc4c(c3)CCO4)cc2)N1. The molecule has 23 heavy (non-hydrogen) atoms. The summed E-state index contributed by atoms with van der Waals surface area (Å²) in [5.74, 6) is 1.94. The summed E-state index contributed by atoms with van der Waals surface area (Å²) in [6.45, 7) is 4.58. The molecule has 0 fully saturated rings. The molecule has 2 heterocycles. The highest BCUT2D eigenvalue weighted by atomic mass is 16.5. The summed E-state index contributed by atoms with van der Waals surface area (Å²) in [5, 5.41) is 6.66. The van der Waals surface area contributed by atoms with Crippen LogP contribution in [0.15, 0.2) is 47.5 Å². The second-order valence-electron chi connectivity index (χ2n) is 6.21. The minimum absolute atomic E-state index is 0.434. The first-order chi connectivity index (χ1) is 11.3. The topological polar surface area (TPSA) is 45.7 Å². The number of rotatable bonds is 3. The van der Waals surface area contributed by atoms with Gasteiger partial charge in [-0.05, 0) is 41.3 Å². The van der Waals surface area contributed by atoms with E-state index in [2.05, 4.69) is 65.0 Å². The minimum Gasteiger partial charge on any atom is -0.493 e. The fourth-order valence-electron chi connectivity index (χ4n) is 3.03. The van der Waals surface area contributed by atoms with Crippen molar-refractivity contribution in [2.45, 2.75) is 25.9 Å². The van der Waals surface area contributed by atoms with Crippen LogP contribution in [0.4, 0.5) is 0 Å². The number of hydrogen-bond donors (Lipinski definition) is 2. The van der Waals surface area contributed by atoms with Crippen molar-refractivity contribution in [2.75, 3.05) is 13.2 Å². The summed E-state index contributed by atoms with van der Waals surface area (Å²) >= 11 is 0. The second kappa shape index (κ2) is 5.95. The third-order valence-corrected chi connectivity index (χ3v) is 4.34. The van der Waals surface area contributed by atoms with E-state index >= 15 is 0 Å². The van der Waals surface area contributed by atoms with Gasteiger partial charge in [0.05, 0.1) is 13.2 Å². The van der Waals surface area contributed by atoms with E-state index < -0.39 is 0 Å². The smallest absolute Gasteiger partial charge is 0.191 e. The zero-order valence-corrected chi connectivity index (χ0v) is 13.3. The lowest BCUT2D eigenvalue weighted by Crippen LogP contribution is -2.37. The molecule has 1 unspecified atom stereocenters. The van der Waals surface area contributed by atoms with Gasteiger partial charge in [-0.1, -0.05) is 30.3 Å². The van der Waals surface area contributed by atoms with Crippen molar-refractivity contribution in [1.82, 2.24) is 10.6 Å². The Hall–Kier alpha value is -2.49. The molecule has 2 N–H and O–H groups in total. The van der Waals surface area contributed by atoms with E-state index in [1.165, 1.54) is 22.3 Å². The van der Waals surface area contributed by atoms with Crippen molar-refractivity contribution in [3.05, 3.63) is 53.6 Å². The molecule has 2 aromatic rings. The Labute approximate surface area is 136 Å². The lowest BCUT2D eigenvalue weighted by molar-refractivity contribution is 0.357. The maximum atomic E-state index is 5.57. The number of nitrogens with one attached hydrogen (secondary N) is 2. The van der Waals surface area contributed by atoms with Gasteiger partial charge in [0.15, 0.2) is 5.96 Å². The van der Waals surface area contributed by atoms with Crippen molar-refractivity contribution < 1.29 is 4.74 Å². The normalized spacial score (nSPS) is 18.8. The summed E-state index contributed by atoms with van der Waals surface area (Å²) in [6, 6.07) is 15.6. The van der Waals surface area contributed by atoms with Crippen molar-refractivity contribution in [3.63, 3.8) is 0 Å². The van der Waals surface area contributed by atoms with Crippen LogP contribution < -0.4 is 15.4 Å². The molecule has 2 aromatic carbocycles. The number of guanidine groups is 1. The molecular formula is C19H21N3O. The average Bonchev–Trinajstić information content (AvgIpc) is 3.21. The summed E-state index contributed by atoms with van der Waals surface area (Å²) in [6.07, 6.45) is 1.01. The van der Waals surface area contributed by atoms with Crippen LogP contribution in [0.3, 0.4) is 0 Å². The van der Waals surface area contributed by atoms with Crippen molar-refractivity contribution in [1.29, 1.82) is 0 Å². The van der Waals surface area contributed by atoms with Gasteiger partial charge in [-0.3, -0.25) is 4.99 Å². The van der Waals surface area contributed by atoms with Crippen LogP contribution in [-0.4, -0.2) is 25.2 Å². The highest BCUT2D eigenvalue weighted by Gasteiger charge is 2.13. The molecule has 0 radical (unpaired) electrons. The predicted molar refractivity (Wildman–Crippen MR) is 92.8 cm³/mol. The first-order valence-electron chi connectivity index (χ1n) is 8.18. The fraction of sp³-hybridized carbons (Fsp3) is 0.316. The molecule has 0 saturated heterocycles. The molecule has 1 atom stereocenters. The van der Waals surface area contributed by atoms with Crippen molar-refractivity contribution >= 4 is 5.96 Å². The van der Waals surface area contributed by atoms with E-state index in [0.717, 1.165) is 37.8 Å². The Morgan fingerprint density at radius 3 is 2.78 bits per heavy atom. The third-order valence-electron chi connectivity index (χ3n) is 4.34. The van der Waals surface area contributed by atoms with Crippen LogP contribution in [-0.2, 0) is 13.0 Å². The van der Waals surface area contributed by atoms with E-state index in [0.29, 0.717) is 6.04 Å². The van der Waals surface area contributed by atoms with E-state index in [4.69, 9.17) is 4.74 Å². The number of benzene rings is 2. The largest absolute Gasteiger partial charge is 0.493 e. The summed E-state index contributed by atoms with van der Waals surface area (Å²) in [4.78, 5) is 4.41. The molecule has 0 aromatic heterocycles. The van der Waals surface area contributed by atoms with Gasteiger partial charge >= 0.3 is 0 Å². The Balaban J connectivity index is 1.43. The van der Waals surface area contributed by atoms with Crippen molar-refractivity contribution in [3.8, 4) is 16.9 Å². The maximum absolute atomic E-state index is 5.57. The van der Waals surface area contributed by atoms with Crippen LogP contribution in [0, 0.1) is 0 Å². The predicted octanol–water partition coefficient (Wildman–Crippen LogP) is 2.73. The molecule has 0 bridgehead atoms. The average molecular weight is 307 g/mol. The van der Waals surface area contributed by atoms with E-state index in [1.807, 2.05) is 0 Å². The Morgan fingerprint density at radius 1 is 1.17 bits per heavy atom. The van der Waals surface area contributed by atoms with Crippen LogP contribution in [0.1, 0.15) is 18.1 Å². The number of hydrogen-bond acceptors (Lipinski definition) is 4. The van der Waals surface area contributed by atoms with Crippen LogP contribution in [0.2, 0.25) is 0 Å². The minimum atomic E-state index is 0.434. The Morgan fingerprint density at radius 2 is 2.00 bits per heavy atom. The van der Waals surface area contributed by atoms with Gasteiger partial charge in [-0.25, -0.2) is 0 Å². The first-order valence-corrected chi connectivity index (χ1v) is 8.18. The molecule has 4 rings (SSSR count). The maximum Gasteiger partial charge on any atom is 0.191 e. The van der Waals surface area contributed by atoms with E-state index in [9.17, 15) is 0 Å². The number of ether oxygens (including phenoxy) is 1. The van der Waals surface area contributed by atoms with Gasteiger partial charge in [-0.2, -0.15) is 0 Å². The van der Waals surface area contributed by atoms with Gasteiger partial charge in [0, 0.05) is 19.0 Å². The van der Waals surface area contributed by atoms with Gasteiger partial charge in [0.25, 0.3) is 0 Å². The quantitative estimate of drug-likeness (QED) is 0.916. The molecule has 118 valence electrons.